The Kier molecular flexibility index (Phi) is 6.27. The third-order valence-corrected chi connectivity index (χ3v) is 5.31. The molecular weight excluding hydrogens is 444 g/mol. The minimum Gasteiger partial charge on any atom is -0.390 e. The molecule has 10 heteroatoms. The van der Waals surface area contributed by atoms with Crippen LogP contribution in [0, 0.1) is 11.6 Å². The molecule has 2 heterocycles. The number of carbonyl (C=O) groups excluding carboxylic acids is 1. The number of hydrogen-bond donors (Lipinski definition) is 5. The van der Waals surface area contributed by atoms with Crippen LogP contribution in [0.5, 0.6) is 0 Å². The number of urea groups is 1. The van der Waals surface area contributed by atoms with Crippen LogP contribution in [0.15, 0.2) is 54.6 Å². The van der Waals surface area contributed by atoms with E-state index in [0.717, 1.165) is 0 Å². The highest BCUT2D eigenvalue weighted by Crippen LogP contribution is 2.30. The molecular formula is C24H23F2N5O3. The summed E-state index contributed by atoms with van der Waals surface area (Å²) in [7, 11) is 0. The van der Waals surface area contributed by atoms with Gasteiger partial charge in [-0.2, -0.15) is 5.10 Å². The number of aromatic amines is 1. The summed E-state index contributed by atoms with van der Waals surface area (Å²) in [6, 6.07) is 11.2. The van der Waals surface area contributed by atoms with Crippen molar-refractivity contribution < 1.29 is 23.8 Å². The second kappa shape index (κ2) is 9.16. The van der Waals surface area contributed by atoms with Crippen LogP contribution in [-0.4, -0.2) is 37.0 Å². The molecule has 4 rings (SSSR count). The van der Waals surface area contributed by atoms with Crippen molar-refractivity contribution in [1.29, 1.82) is 0 Å². The largest absolute Gasteiger partial charge is 0.390 e. The van der Waals surface area contributed by atoms with Gasteiger partial charge in [-0.3, -0.25) is 10.4 Å². The number of anilines is 1. The maximum absolute atomic E-state index is 13.3. The third-order valence-electron chi connectivity index (χ3n) is 5.31. The molecule has 4 aromatic rings. The van der Waals surface area contributed by atoms with E-state index in [-0.39, 0.29) is 17.3 Å². The first-order valence-corrected chi connectivity index (χ1v) is 10.5. The molecule has 0 aliphatic rings. The van der Waals surface area contributed by atoms with Gasteiger partial charge in [0.2, 0.25) is 0 Å². The zero-order valence-corrected chi connectivity index (χ0v) is 18.4. The molecule has 0 radical (unpaired) electrons. The first-order valence-electron chi connectivity index (χ1n) is 10.5. The molecule has 1 atom stereocenters. The molecule has 176 valence electrons. The van der Waals surface area contributed by atoms with E-state index in [0.29, 0.717) is 27.7 Å². The van der Waals surface area contributed by atoms with Gasteiger partial charge in [-0.05, 0) is 55.8 Å². The smallest absolute Gasteiger partial charge is 0.320 e. The van der Waals surface area contributed by atoms with Gasteiger partial charge in [0.25, 0.3) is 0 Å². The van der Waals surface area contributed by atoms with Crippen LogP contribution in [0.2, 0.25) is 0 Å². The molecule has 2 aromatic carbocycles. The van der Waals surface area contributed by atoms with E-state index >= 15 is 0 Å². The summed E-state index contributed by atoms with van der Waals surface area (Å²) in [5, 5.41) is 33.4. The van der Waals surface area contributed by atoms with Gasteiger partial charge in [0, 0.05) is 11.6 Å². The van der Waals surface area contributed by atoms with E-state index in [4.69, 9.17) is 0 Å². The van der Waals surface area contributed by atoms with Crippen molar-refractivity contribution in [2.45, 2.75) is 32.1 Å². The number of carbonyl (C=O) groups is 1. The average molecular weight is 467 g/mol. The first-order chi connectivity index (χ1) is 16.2. The van der Waals surface area contributed by atoms with Gasteiger partial charge in [-0.25, -0.2) is 18.6 Å². The molecule has 5 N–H and O–H groups in total. The zero-order chi connectivity index (χ0) is 24.5. The molecule has 2 amide bonds. The van der Waals surface area contributed by atoms with Crippen LogP contribution in [0.1, 0.15) is 31.1 Å². The minimum absolute atomic E-state index is 0.136. The fraction of sp³-hybridized carbons (Fsp3) is 0.208. The lowest BCUT2D eigenvalue weighted by Gasteiger charge is -2.30. The molecule has 0 fully saturated rings. The van der Waals surface area contributed by atoms with Gasteiger partial charge in [0.15, 0.2) is 0 Å². The van der Waals surface area contributed by atoms with Crippen LogP contribution >= 0.6 is 0 Å². The summed E-state index contributed by atoms with van der Waals surface area (Å²) in [5.74, 6) is -0.681. The van der Waals surface area contributed by atoms with E-state index in [2.05, 4.69) is 25.8 Å². The lowest BCUT2D eigenvalue weighted by Crippen LogP contribution is -2.44. The number of aliphatic hydroxyl groups excluding tert-OH is 1. The van der Waals surface area contributed by atoms with Crippen molar-refractivity contribution in [3.8, 4) is 11.3 Å². The van der Waals surface area contributed by atoms with Crippen LogP contribution < -0.4 is 10.6 Å². The maximum Gasteiger partial charge on any atom is 0.320 e. The number of fused-ring (bicyclic) bond motifs is 1. The van der Waals surface area contributed by atoms with Gasteiger partial charge >= 0.3 is 6.03 Å². The topological polar surface area (TPSA) is 123 Å². The predicted molar refractivity (Wildman–Crippen MR) is 123 cm³/mol. The van der Waals surface area contributed by atoms with Crippen molar-refractivity contribution in [3.63, 3.8) is 0 Å². The van der Waals surface area contributed by atoms with Crippen molar-refractivity contribution >= 4 is 22.8 Å². The predicted octanol–water partition coefficient (Wildman–Crippen LogP) is 4.03. The van der Waals surface area contributed by atoms with Crippen LogP contribution in [0.4, 0.5) is 19.4 Å². The Morgan fingerprint density at radius 1 is 1.09 bits per heavy atom. The van der Waals surface area contributed by atoms with Gasteiger partial charge in [0.1, 0.15) is 23.1 Å². The molecule has 0 bridgehead atoms. The number of halogens is 2. The van der Waals surface area contributed by atoms with Crippen molar-refractivity contribution in [2.24, 2.45) is 0 Å². The number of benzene rings is 2. The molecule has 8 nitrogen and oxygen atoms in total. The van der Waals surface area contributed by atoms with Crippen LogP contribution in [-0.2, 0) is 6.61 Å². The Labute approximate surface area is 193 Å². The number of amides is 2. The molecule has 0 aliphatic carbocycles. The highest BCUT2D eigenvalue weighted by atomic mass is 19.1. The van der Waals surface area contributed by atoms with Crippen molar-refractivity contribution in [2.75, 3.05) is 5.32 Å². The second-order valence-electron chi connectivity index (χ2n) is 8.35. The summed E-state index contributed by atoms with van der Waals surface area (Å²) in [6.45, 7) is 2.62. The summed E-state index contributed by atoms with van der Waals surface area (Å²) < 4.78 is 26.6. The van der Waals surface area contributed by atoms with Gasteiger partial charge in [-0.1, -0.05) is 12.1 Å². The van der Waals surface area contributed by atoms with E-state index in [1.165, 1.54) is 50.2 Å². The Balaban J connectivity index is 1.60. The van der Waals surface area contributed by atoms with Crippen molar-refractivity contribution in [1.82, 2.24) is 20.5 Å². The van der Waals surface area contributed by atoms with E-state index < -0.39 is 30.1 Å². The maximum atomic E-state index is 13.3. The van der Waals surface area contributed by atoms with Crippen LogP contribution in [0.25, 0.3) is 22.2 Å². The number of nitrogens with one attached hydrogen (secondary N) is 3. The fourth-order valence-electron chi connectivity index (χ4n) is 3.72. The normalized spacial score (nSPS) is 12.5. The highest BCUT2D eigenvalue weighted by Gasteiger charge is 2.30. The van der Waals surface area contributed by atoms with E-state index in [1.807, 2.05) is 0 Å². The van der Waals surface area contributed by atoms with Gasteiger partial charge in [0.05, 0.1) is 34.8 Å². The highest BCUT2D eigenvalue weighted by molar-refractivity contribution is 5.97. The number of aliphatic hydroxyl groups is 2. The summed E-state index contributed by atoms with van der Waals surface area (Å²) in [4.78, 5) is 17.1. The number of H-pyrrole nitrogens is 1. The molecule has 0 saturated heterocycles. The number of pyridine rings is 1. The Morgan fingerprint density at radius 2 is 1.71 bits per heavy atom. The van der Waals surface area contributed by atoms with Crippen LogP contribution in [0.3, 0.4) is 0 Å². The summed E-state index contributed by atoms with van der Waals surface area (Å²) in [6.07, 6.45) is 0. The Morgan fingerprint density at radius 3 is 2.29 bits per heavy atom. The molecule has 0 spiro atoms. The SMILES string of the molecule is CC(C)(O)C(NC(=O)Nc1cc2[nH]nc(-c3ccc(F)cc3)c2c(CO)n1)c1ccc(F)cc1. The van der Waals surface area contributed by atoms with Gasteiger partial charge < -0.3 is 15.5 Å². The van der Waals surface area contributed by atoms with E-state index in [9.17, 15) is 23.8 Å². The molecule has 0 aliphatic heterocycles. The number of rotatable bonds is 6. The first kappa shape index (κ1) is 23.3. The summed E-state index contributed by atoms with van der Waals surface area (Å²) in [5.41, 5.74) is 1.05. The minimum atomic E-state index is -1.35. The fourth-order valence-corrected chi connectivity index (χ4v) is 3.72. The number of nitrogens with zero attached hydrogens (tertiary/aromatic N) is 2. The summed E-state index contributed by atoms with van der Waals surface area (Å²) >= 11 is 0. The Bertz CT molecular complexity index is 1320. The second-order valence-corrected chi connectivity index (χ2v) is 8.35. The number of hydrogen-bond acceptors (Lipinski definition) is 5. The molecule has 1 unspecified atom stereocenters. The Hall–Kier alpha value is -3.89. The van der Waals surface area contributed by atoms with Gasteiger partial charge in [-0.15, -0.1) is 0 Å². The molecule has 2 aromatic heterocycles. The third kappa shape index (κ3) is 4.87. The average Bonchev–Trinajstić information content (AvgIpc) is 3.21. The molecule has 34 heavy (non-hydrogen) atoms. The quantitative estimate of drug-likeness (QED) is 0.293. The lowest BCUT2D eigenvalue weighted by molar-refractivity contribution is 0.0415. The lowest BCUT2D eigenvalue weighted by atomic mass is 9.92. The molecule has 0 saturated carbocycles. The van der Waals surface area contributed by atoms with E-state index in [1.54, 1.807) is 18.2 Å². The van der Waals surface area contributed by atoms with Crippen molar-refractivity contribution in [3.05, 3.63) is 77.5 Å². The number of aromatic nitrogens is 3. The standard InChI is InChI=1S/C24H23F2N5O3/c1-24(2,34)22(14-5-9-16(26)10-6-14)29-23(33)28-19-11-17-20(18(12-32)27-19)21(31-30-17)13-3-7-15(25)8-4-13/h3-11,22,32,34H,12H2,1-2H3,(H,30,31)(H2,27,28,29,33). The monoisotopic (exact) mass is 467 g/mol. The zero-order valence-electron chi connectivity index (χ0n) is 18.4.